The minimum atomic E-state index is -0.600. The van der Waals surface area contributed by atoms with Crippen LogP contribution in [0.25, 0.3) is 0 Å². The Labute approximate surface area is 117 Å². The molecule has 0 bridgehead atoms. The van der Waals surface area contributed by atoms with Crippen LogP contribution in [0.15, 0.2) is 48.8 Å². The van der Waals surface area contributed by atoms with Crippen LogP contribution in [-0.2, 0) is 4.79 Å². The normalized spacial score (nSPS) is 11.5. The SMILES string of the molecule is COc1ccc(O[C@@H](C)C(=O)Nc2ccncc2)cc1. The highest BCUT2D eigenvalue weighted by atomic mass is 16.5. The first-order chi connectivity index (χ1) is 9.69. The Morgan fingerprint density at radius 2 is 1.70 bits per heavy atom. The molecule has 5 nitrogen and oxygen atoms in total. The van der Waals surface area contributed by atoms with Crippen molar-refractivity contribution in [1.29, 1.82) is 0 Å². The van der Waals surface area contributed by atoms with E-state index in [1.807, 2.05) is 0 Å². The summed E-state index contributed by atoms with van der Waals surface area (Å²) < 4.78 is 10.6. The Hall–Kier alpha value is -2.56. The van der Waals surface area contributed by atoms with Gasteiger partial charge in [-0.15, -0.1) is 0 Å². The number of ether oxygens (including phenoxy) is 2. The maximum absolute atomic E-state index is 12.0. The third kappa shape index (κ3) is 3.71. The summed E-state index contributed by atoms with van der Waals surface area (Å²) in [4.78, 5) is 15.8. The second kappa shape index (κ2) is 6.56. The number of hydrogen-bond donors (Lipinski definition) is 1. The summed E-state index contributed by atoms with van der Waals surface area (Å²) in [5, 5.41) is 2.76. The fourth-order valence-electron chi connectivity index (χ4n) is 1.59. The monoisotopic (exact) mass is 272 g/mol. The first-order valence-corrected chi connectivity index (χ1v) is 6.20. The Morgan fingerprint density at radius 3 is 2.30 bits per heavy atom. The summed E-state index contributed by atoms with van der Waals surface area (Å²) in [5.74, 6) is 1.14. The summed E-state index contributed by atoms with van der Waals surface area (Å²) in [7, 11) is 1.60. The minimum Gasteiger partial charge on any atom is -0.497 e. The molecule has 104 valence electrons. The molecule has 1 aromatic carbocycles. The van der Waals surface area contributed by atoms with Gasteiger partial charge < -0.3 is 14.8 Å². The molecule has 20 heavy (non-hydrogen) atoms. The van der Waals surface area contributed by atoms with Crippen LogP contribution in [0.3, 0.4) is 0 Å². The van der Waals surface area contributed by atoms with Gasteiger partial charge in [0.15, 0.2) is 6.10 Å². The lowest BCUT2D eigenvalue weighted by molar-refractivity contribution is -0.122. The standard InChI is InChI=1S/C15H16N2O3/c1-11(15(18)17-12-7-9-16-10-8-12)20-14-5-3-13(19-2)4-6-14/h3-11H,1-2H3,(H,16,17,18)/t11-/m0/s1. The lowest BCUT2D eigenvalue weighted by Gasteiger charge is -2.14. The van der Waals surface area contributed by atoms with Gasteiger partial charge in [0.1, 0.15) is 11.5 Å². The smallest absolute Gasteiger partial charge is 0.265 e. The number of amides is 1. The van der Waals surface area contributed by atoms with E-state index in [0.717, 1.165) is 5.75 Å². The summed E-state index contributed by atoms with van der Waals surface area (Å²) in [6.45, 7) is 1.70. The predicted octanol–water partition coefficient (Wildman–Crippen LogP) is 2.50. The third-order valence-corrected chi connectivity index (χ3v) is 2.69. The fourth-order valence-corrected chi connectivity index (χ4v) is 1.59. The first-order valence-electron chi connectivity index (χ1n) is 6.20. The van der Waals surface area contributed by atoms with E-state index in [0.29, 0.717) is 11.4 Å². The Morgan fingerprint density at radius 1 is 1.10 bits per heavy atom. The number of benzene rings is 1. The molecule has 5 heteroatoms. The number of methoxy groups -OCH3 is 1. The second-order valence-electron chi connectivity index (χ2n) is 4.16. The number of anilines is 1. The van der Waals surface area contributed by atoms with Gasteiger partial charge in [0, 0.05) is 18.1 Å². The topological polar surface area (TPSA) is 60.5 Å². The molecule has 1 atom stereocenters. The van der Waals surface area contributed by atoms with Crippen molar-refractivity contribution >= 4 is 11.6 Å². The van der Waals surface area contributed by atoms with Crippen molar-refractivity contribution in [3.05, 3.63) is 48.8 Å². The summed E-state index contributed by atoms with van der Waals surface area (Å²) >= 11 is 0. The zero-order valence-corrected chi connectivity index (χ0v) is 11.4. The van der Waals surface area contributed by atoms with Crippen molar-refractivity contribution in [2.24, 2.45) is 0 Å². The van der Waals surface area contributed by atoms with E-state index in [9.17, 15) is 4.79 Å². The van der Waals surface area contributed by atoms with E-state index < -0.39 is 6.10 Å². The van der Waals surface area contributed by atoms with E-state index >= 15 is 0 Å². The Bertz CT molecular complexity index is 555. The highest BCUT2D eigenvalue weighted by molar-refractivity contribution is 5.93. The van der Waals surface area contributed by atoms with Gasteiger partial charge in [-0.05, 0) is 43.3 Å². The van der Waals surface area contributed by atoms with Crippen molar-refractivity contribution in [2.45, 2.75) is 13.0 Å². The van der Waals surface area contributed by atoms with Gasteiger partial charge in [-0.2, -0.15) is 0 Å². The van der Waals surface area contributed by atoms with Crippen LogP contribution in [0.4, 0.5) is 5.69 Å². The number of rotatable bonds is 5. The number of carbonyl (C=O) groups is 1. The zero-order chi connectivity index (χ0) is 14.4. The van der Waals surface area contributed by atoms with Crippen molar-refractivity contribution in [3.63, 3.8) is 0 Å². The molecular weight excluding hydrogens is 256 g/mol. The van der Waals surface area contributed by atoms with E-state index in [2.05, 4.69) is 10.3 Å². The van der Waals surface area contributed by atoms with Crippen LogP contribution < -0.4 is 14.8 Å². The van der Waals surface area contributed by atoms with E-state index in [1.165, 1.54) is 0 Å². The number of aromatic nitrogens is 1. The second-order valence-corrected chi connectivity index (χ2v) is 4.16. The van der Waals surface area contributed by atoms with Crippen LogP contribution in [0.2, 0.25) is 0 Å². The number of nitrogens with zero attached hydrogens (tertiary/aromatic N) is 1. The van der Waals surface area contributed by atoms with E-state index in [-0.39, 0.29) is 5.91 Å². The van der Waals surface area contributed by atoms with Gasteiger partial charge in [-0.3, -0.25) is 9.78 Å². The van der Waals surface area contributed by atoms with Crippen molar-refractivity contribution < 1.29 is 14.3 Å². The number of carbonyl (C=O) groups excluding carboxylic acids is 1. The molecule has 1 N–H and O–H groups in total. The maximum atomic E-state index is 12.0. The fraction of sp³-hybridized carbons (Fsp3) is 0.200. The molecule has 0 fully saturated rings. The molecule has 1 amide bonds. The molecule has 0 aliphatic heterocycles. The molecular formula is C15H16N2O3. The quantitative estimate of drug-likeness (QED) is 0.908. The lowest BCUT2D eigenvalue weighted by atomic mass is 10.3. The Balaban J connectivity index is 1.93. The minimum absolute atomic E-state index is 0.216. The van der Waals surface area contributed by atoms with Crippen LogP contribution in [0.5, 0.6) is 11.5 Å². The average Bonchev–Trinajstić information content (AvgIpc) is 2.49. The molecule has 1 heterocycles. The van der Waals surface area contributed by atoms with Crippen LogP contribution in [0.1, 0.15) is 6.92 Å². The largest absolute Gasteiger partial charge is 0.497 e. The van der Waals surface area contributed by atoms with E-state index in [4.69, 9.17) is 9.47 Å². The molecule has 1 aromatic heterocycles. The highest BCUT2D eigenvalue weighted by Crippen LogP contribution is 2.18. The summed E-state index contributed by atoms with van der Waals surface area (Å²) in [6.07, 6.45) is 2.63. The predicted molar refractivity (Wildman–Crippen MR) is 76.0 cm³/mol. The molecule has 2 rings (SSSR count). The van der Waals surface area contributed by atoms with Gasteiger partial charge in [0.05, 0.1) is 7.11 Å². The zero-order valence-electron chi connectivity index (χ0n) is 11.4. The Kier molecular flexibility index (Phi) is 4.55. The average molecular weight is 272 g/mol. The van der Waals surface area contributed by atoms with Crippen LogP contribution >= 0.6 is 0 Å². The van der Waals surface area contributed by atoms with Crippen molar-refractivity contribution in [2.75, 3.05) is 12.4 Å². The third-order valence-electron chi connectivity index (χ3n) is 2.69. The molecule has 0 unspecified atom stereocenters. The van der Waals surface area contributed by atoms with Crippen LogP contribution in [-0.4, -0.2) is 24.1 Å². The number of hydrogen-bond acceptors (Lipinski definition) is 4. The summed E-state index contributed by atoms with van der Waals surface area (Å²) in [5.41, 5.74) is 0.690. The van der Waals surface area contributed by atoms with E-state index in [1.54, 1.807) is 62.8 Å². The molecule has 0 saturated heterocycles. The molecule has 0 saturated carbocycles. The molecule has 0 aliphatic rings. The maximum Gasteiger partial charge on any atom is 0.265 e. The molecule has 0 spiro atoms. The molecule has 2 aromatic rings. The number of nitrogens with one attached hydrogen (secondary N) is 1. The van der Waals surface area contributed by atoms with Gasteiger partial charge in [0.25, 0.3) is 5.91 Å². The first kappa shape index (κ1) is 13.9. The molecule has 0 radical (unpaired) electrons. The number of pyridine rings is 1. The van der Waals surface area contributed by atoms with Gasteiger partial charge >= 0.3 is 0 Å². The van der Waals surface area contributed by atoms with Gasteiger partial charge in [-0.1, -0.05) is 0 Å². The lowest BCUT2D eigenvalue weighted by Crippen LogP contribution is -2.30. The van der Waals surface area contributed by atoms with Gasteiger partial charge in [0.2, 0.25) is 0 Å². The van der Waals surface area contributed by atoms with Crippen LogP contribution in [0, 0.1) is 0 Å². The van der Waals surface area contributed by atoms with Crippen molar-refractivity contribution in [1.82, 2.24) is 4.98 Å². The summed E-state index contributed by atoms with van der Waals surface area (Å²) in [6, 6.07) is 10.5. The molecule has 0 aliphatic carbocycles. The van der Waals surface area contributed by atoms with Gasteiger partial charge in [-0.25, -0.2) is 0 Å². The van der Waals surface area contributed by atoms with Crippen molar-refractivity contribution in [3.8, 4) is 11.5 Å². The highest BCUT2D eigenvalue weighted by Gasteiger charge is 2.14.